The molecule has 0 aromatic heterocycles. The van der Waals surface area contributed by atoms with Crippen LogP contribution in [0.2, 0.25) is 0 Å². The van der Waals surface area contributed by atoms with Crippen molar-refractivity contribution in [1.82, 2.24) is 20.9 Å². The lowest BCUT2D eigenvalue weighted by Crippen LogP contribution is -2.54. The van der Waals surface area contributed by atoms with Crippen molar-refractivity contribution in [3.8, 4) is 0 Å². The molecule has 2 aliphatic heterocycles. The van der Waals surface area contributed by atoms with Gasteiger partial charge in [-0.1, -0.05) is 26.0 Å². The molecule has 39 heavy (non-hydrogen) atoms. The van der Waals surface area contributed by atoms with Crippen LogP contribution in [0.25, 0.3) is 0 Å². The van der Waals surface area contributed by atoms with Gasteiger partial charge >= 0.3 is 5.97 Å². The summed E-state index contributed by atoms with van der Waals surface area (Å²) in [5.41, 5.74) is 2.01. The maximum Gasteiger partial charge on any atom is 0.328 e. The minimum atomic E-state index is -0.858. The van der Waals surface area contributed by atoms with Gasteiger partial charge in [-0.25, -0.2) is 4.79 Å². The molecule has 0 bridgehead atoms. The summed E-state index contributed by atoms with van der Waals surface area (Å²) < 4.78 is 4.84. The molecule has 214 valence electrons. The molecule has 2 saturated heterocycles. The number of methoxy groups -OCH3 is 1. The Morgan fingerprint density at radius 3 is 2.23 bits per heavy atom. The van der Waals surface area contributed by atoms with Crippen LogP contribution in [0.1, 0.15) is 52.0 Å². The number of carbonyl (C=O) groups is 5. The van der Waals surface area contributed by atoms with Crippen molar-refractivity contribution in [1.29, 1.82) is 0 Å². The molecule has 4 amide bonds. The van der Waals surface area contributed by atoms with Crippen molar-refractivity contribution in [2.45, 2.75) is 71.0 Å². The number of rotatable bonds is 12. The first kappa shape index (κ1) is 29.9. The summed E-state index contributed by atoms with van der Waals surface area (Å²) in [6.45, 7) is 7.33. The third kappa shape index (κ3) is 8.43. The first-order chi connectivity index (χ1) is 18.6. The number of anilines is 1. The van der Waals surface area contributed by atoms with Gasteiger partial charge in [0, 0.05) is 38.7 Å². The second-order valence-electron chi connectivity index (χ2n) is 10.6. The van der Waals surface area contributed by atoms with Gasteiger partial charge in [-0.05, 0) is 49.3 Å². The van der Waals surface area contributed by atoms with Crippen molar-refractivity contribution in [3.05, 3.63) is 29.8 Å². The van der Waals surface area contributed by atoms with Gasteiger partial charge in [0.05, 0.1) is 13.7 Å². The van der Waals surface area contributed by atoms with Crippen molar-refractivity contribution in [2.24, 2.45) is 5.92 Å². The molecule has 0 aliphatic carbocycles. The van der Waals surface area contributed by atoms with Crippen molar-refractivity contribution >= 4 is 35.3 Å². The summed E-state index contributed by atoms with van der Waals surface area (Å²) >= 11 is 0. The van der Waals surface area contributed by atoms with Crippen LogP contribution in [-0.2, 0) is 35.1 Å². The first-order valence-electron chi connectivity index (χ1n) is 13.7. The maximum atomic E-state index is 13.3. The summed E-state index contributed by atoms with van der Waals surface area (Å²) in [6, 6.07) is 5.52. The van der Waals surface area contributed by atoms with Crippen LogP contribution in [0.5, 0.6) is 0 Å². The fourth-order valence-electron chi connectivity index (χ4n) is 4.95. The number of carbonyl (C=O) groups excluding carboxylic acids is 5. The lowest BCUT2D eigenvalue weighted by molar-refractivity contribution is -0.152. The van der Waals surface area contributed by atoms with Crippen LogP contribution in [-0.4, -0.2) is 85.9 Å². The number of nitrogens with one attached hydrogen (secondary N) is 3. The molecule has 2 heterocycles. The van der Waals surface area contributed by atoms with E-state index >= 15 is 0 Å². The molecule has 1 aromatic rings. The normalized spacial score (nSPS) is 18.1. The van der Waals surface area contributed by atoms with E-state index in [0.717, 1.165) is 24.3 Å². The van der Waals surface area contributed by atoms with Gasteiger partial charge in [-0.15, -0.1) is 0 Å². The SMILES string of the molecule is COC(=O)[C@@H]1CCCN1C(=O)[C@H](CC(C)C)NC(=O)CNC(=O)[C@H](Cc1ccc(N2CCC2)cc1)NC(C)=O. The summed E-state index contributed by atoms with van der Waals surface area (Å²) in [6.07, 6.45) is 3.02. The van der Waals surface area contributed by atoms with E-state index in [9.17, 15) is 24.0 Å². The molecule has 1 aromatic carbocycles. The summed E-state index contributed by atoms with van der Waals surface area (Å²) in [7, 11) is 1.29. The van der Waals surface area contributed by atoms with Crippen LogP contribution in [0.15, 0.2) is 24.3 Å². The third-order valence-corrected chi connectivity index (χ3v) is 7.06. The topological polar surface area (TPSA) is 137 Å². The Kier molecular flexibility index (Phi) is 10.7. The van der Waals surface area contributed by atoms with Crippen molar-refractivity contribution in [2.75, 3.05) is 38.2 Å². The summed E-state index contributed by atoms with van der Waals surface area (Å²) in [5, 5.41) is 7.97. The Morgan fingerprint density at radius 1 is 0.974 bits per heavy atom. The molecular weight excluding hydrogens is 502 g/mol. The highest BCUT2D eigenvalue weighted by atomic mass is 16.5. The van der Waals surface area contributed by atoms with Gasteiger partial charge in [0.25, 0.3) is 0 Å². The second kappa shape index (κ2) is 14.0. The number of hydrogen-bond donors (Lipinski definition) is 3. The lowest BCUT2D eigenvalue weighted by Gasteiger charge is -2.33. The van der Waals surface area contributed by atoms with Gasteiger partial charge in [-0.2, -0.15) is 0 Å². The zero-order valence-corrected chi connectivity index (χ0v) is 23.3. The number of esters is 1. The third-order valence-electron chi connectivity index (χ3n) is 7.06. The monoisotopic (exact) mass is 543 g/mol. The molecule has 0 unspecified atom stereocenters. The van der Waals surface area contributed by atoms with Crippen LogP contribution < -0.4 is 20.9 Å². The number of amides is 4. The predicted octanol–water partition coefficient (Wildman–Crippen LogP) is 0.755. The number of likely N-dealkylation sites (tertiary alicyclic amines) is 1. The fourth-order valence-corrected chi connectivity index (χ4v) is 4.95. The van der Waals surface area contributed by atoms with E-state index in [1.807, 2.05) is 38.1 Å². The van der Waals surface area contributed by atoms with E-state index in [0.29, 0.717) is 25.8 Å². The average Bonchev–Trinajstić information content (AvgIpc) is 3.35. The number of nitrogens with zero attached hydrogens (tertiary/aromatic N) is 2. The quantitative estimate of drug-likeness (QED) is 0.331. The molecular formula is C28H41N5O6. The van der Waals surface area contributed by atoms with E-state index in [1.54, 1.807) is 0 Å². The van der Waals surface area contributed by atoms with Crippen LogP contribution in [0.3, 0.4) is 0 Å². The molecule has 3 rings (SSSR count). The molecule has 3 N–H and O–H groups in total. The smallest absolute Gasteiger partial charge is 0.328 e. The van der Waals surface area contributed by atoms with Crippen molar-refractivity contribution < 1.29 is 28.7 Å². The molecule has 0 spiro atoms. The molecule has 3 atom stereocenters. The van der Waals surface area contributed by atoms with E-state index < -0.39 is 35.9 Å². The number of hydrogen-bond acceptors (Lipinski definition) is 7. The van der Waals surface area contributed by atoms with Crippen LogP contribution in [0.4, 0.5) is 5.69 Å². The van der Waals surface area contributed by atoms with Gasteiger partial charge < -0.3 is 30.5 Å². The largest absolute Gasteiger partial charge is 0.467 e. The molecule has 11 heteroatoms. The van der Waals surface area contributed by atoms with Crippen LogP contribution >= 0.6 is 0 Å². The Balaban J connectivity index is 1.58. The van der Waals surface area contributed by atoms with Crippen molar-refractivity contribution in [3.63, 3.8) is 0 Å². The Hall–Kier alpha value is -3.63. The van der Waals surface area contributed by atoms with E-state index in [4.69, 9.17) is 4.74 Å². The summed E-state index contributed by atoms with van der Waals surface area (Å²) in [4.78, 5) is 66.6. The second-order valence-corrected chi connectivity index (χ2v) is 10.6. The minimum absolute atomic E-state index is 0.102. The summed E-state index contributed by atoms with van der Waals surface area (Å²) in [5.74, 6) is -2.09. The Labute approximate surface area is 230 Å². The standard InChI is InChI=1S/C28H41N5O6/c1-18(2)15-23(27(37)33-14-5-7-24(33)28(38)39-4)31-25(35)17-29-26(36)22(30-19(3)34)16-20-8-10-21(11-9-20)32-12-6-13-32/h8-11,18,22-24H,5-7,12-17H2,1-4H3,(H,29,36)(H,30,34)(H,31,35)/t22-,23-,24-/m0/s1. The highest BCUT2D eigenvalue weighted by molar-refractivity contribution is 5.93. The number of benzene rings is 1. The Morgan fingerprint density at radius 2 is 1.67 bits per heavy atom. The highest BCUT2D eigenvalue weighted by Gasteiger charge is 2.38. The number of ether oxygens (including phenoxy) is 1. The predicted molar refractivity (Wildman–Crippen MR) is 146 cm³/mol. The average molecular weight is 544 g/mol. The zero-order valence-electron chi connectivity index (χ0n) is 23.3. The fraction of sp³-hybridized carbons (Fsp3) is 0.607. The van der Waals surface area contributed by atoms with Gasteiger partial charge in [-0.3, -0.25) is 19.2 Å². The lowest BCUT2D eigenvalue weighted by atomic mass is 10.0. The zero-order chi connectivity index (χ0) is 28.5. The molecule has 0 radical (unpaired) electrons. The Bertz CT molecular complexity index is 1040. The van der Waals surface area contributed by atoms with Crippen LogP contribution in [0, 0.1) is 5.92 Å². The molecule has 2 aliphatic rings. The first-order valence-corrected chi connectivity index (χ1v) is 13.7. The van der Waals surface area contributed by atoms with E-state index in [-0.39, 0.29) is 30.7 Å². The molecule has 11 nitrogen and oxygen atoms in total. The van der Waals surface area contributed by atoms with E-state index in [1.165, 1.54) is 25.4 Å². The van der Waals surface area contributed by atoms with Gasteiger partial charge in [0.2, 0.25) is 23.6 Å². The van der Waals surface area contributed by atoms with E-state index in [2.05, 4.69) is 20.9 Å². The molecule has 0 saturated carbocycles. The van der Waals surface area contributed by atoms with Gasteiger partial charge in [0.15, 0.2) is 0 Å². The molecule has 2 fully saturated rings. The maximum absolute atomic E-state index is 13.3. The van der Waals surface area contributed by atoms with Gasteiger partial charge in [0.1, 0.15) is 18.1 Å². The highest BCUT2D eigenvalue weighted by Crippen LogP contribution is 2.22. The minimum Gasteiger partial charge on any atom is -0.467 e.